The number of hydrogen-bond donors (Lipinski definition) is 2. The van der Waals surface area contributed by atoms with Crippen LogP contribution >= 0.6 is 35.6 Å². The van der Waals surface area contributed by atoms with Crippen LogP contribution < -0.4 is 10.6 Å². The summed E-state index contributed by atoms with van der Waals surface area (Å²) in [5.74, 6) is 1.21. The molecule has 0 unspecified atom stereocenters. The van der Waals surface area contributed by atoms with E-state index in [1.165, 1.54) is 5.56 Å². The van der Waals surface area contributed by atoms with Crippen LogP contribution in [0.5, 0.6) is 0 Å². The predicted octanol–water partition coefficient (Wildman–Crippen LogP) is 4.19. The molecule has 1 aromatic carbocycles. The summed E-state index contributed by atoms with van der Waals surface area (Å²) in [5.41, 5.74) is 1.43. The molecule has 2 aliphatic rings. The highest BCUT2D eigenvalue weighted by Gasteiger charge is 2.44. The maximum Gasteiger partial charge on any atom is 0.225 e. The van der Waals surface area contributed by atoms with E-state index in [0.717, 1.165) is 62.8 Å². The predicted molar refractivity (Wildman–Crippen MR) is 131 cm³/mol. The molecule has 1 saturated carbocycles. The Morgan fingerprint density at radius 1 is 1.31 bits per heavy atom. The number of halogens is 2. The molecule has 29 heavy (non-hydrogen) atoms. The van der Waals surface area contributed by atoms with Gasteiger partial charge in [0, 0.05) is 42.0 Å². The van der Waals surface area contributed by atoms with Crippen molar-refractivity contribution >= 4 is 47.4 Å². The van der Waals surface area contributed by atoms with Crippen LogP contribution in [0.4, 0.5) is 0 Å². The molecule has 1 aliphatic carbocycles. The fourth-order valence-corrected chi connectivity index (χ4v) is 4.05. The molecule has 2 N–H and O–H groups in total. The van der Waals surface area contributed by atoms with Gasteiger partial charge in [-0.2, -0.15) is 0 Å². The molecule has 1 aliphatic heterocycles. The average molecular weight is 533 g/mol. The zero-order valence-electron chi connectivity index (χ0n) is 17.7. The monoisotopic (exact) mass is 532 g/mol. The lowest BCUT2D eigenvalue weighted by Gasteiger charge is -2.34. The Labute approximate surface area is 197 Å². The molecule has 0 spiro atoms. The Kier molecular flexibility index (Phi) is 9.07. The van der Waals surface area contributed by atoms with Crippen molar-refractivity contribution in [1.29, 1.82) is 0 Å². The summed E-state index contributed by atoms with van der Waals surface area (Å²) in [6, 6.07) is 8.54. The highest BCUT2D eigenvalue weighted by molar-refractivity contribution is 14.0. The van der Waals surface area contributed by atoms with Gasteiger partial charge in [-0.3, -0.25) is 9.79 Å². The zero-order valence-corrected chi connectivity index (χ0v) is 20.8. The zero-order chi connectivity index (χ0) is 20.1. The quantitative estimate of drug-likeness (QED) is 0.328. The lowest BCUT2D eigenvalue weighted by atomic mass is 9.96. The number of piperidine rings is 1. The summed E-state index contributed by atoms with van der Waals surface area (Å²) >= 11 is 6.18. The normalized spacial score (nSPS) is 18.9. The molecule has 0 radical (unpaired) electrons. The lowest BCUT2D eigenvalue weighted by molar-refractivity contribution is -0.135. The molecule has 5 nitrogen and oxygen atoms in total. The van der Waals surface area contributed by atoms with Crippen molar-refractivity contribution in [3.05, 3.63) is 34.9 Å². The number of nitrogens with zero attached hydrogens (tertiary/aromatic N) is 2. The second-order valence-corrected chi connectivity index (χ2v) is 8.82. The van der Waals surface area contributed by atoms with E-state index in [2.05, 4.69) is 29.7 Å². The third-order valence-corrected chi connectivity index (χ3v) is 6.05. The summed E-state index contributed by atoms with van der Waals surface area (Å²) < 4.78 is 0. The lowest BCUT2D eigenvalue weighted by Crippen LogP contribution is -2.50. The first-order chi connectivity index (χ1) is 13.4. The fraction of sp³-hybridized carbons (Fsp3) is 0.636. The van der Waals surface area contributed by atoms with Crippen LogP contribution in [0.1, 0.15) is 52.0 Å². The first-order valence-corrected chi connectivity index (χ1v) is 10.9. The van der Waals surface area contributed by atoms with E-state index in [4.69, 9.17) is 16.6 Å². The van der Waals surface area contributed by atoms with E-state index in [1.807, 2.05) is 30.9 Å². The average Bonchev–Trinajstić information content (AvgIpc) is 3.47. The van der Waals surface area contributed by atoms with Gasteiger partial charge in [0.1, 0.15) is 0 Å². The fourth-order valence-electron chi connectivity index (χ4n) is 3.86. The Morgan fingerprint density at radius 3 is 2.55 bits per heavy atom. The molecule has 0 bridgehead atoms. The second-order valence-electron chi connectivity index (χ2n) is 8.38. The van der Waals surface area contributed by atoms with Crippen molar-refractivity contribution in [2.75, 3.05) is 26.2 Å². The standard InChI is InChI=1S/C22H33ClN4O.HI/c1-4-24-21(26-19-8-12-27(13-9-19)20(28)16(2)3)25-15-22(10-11-22)17-6-5-7-18(23)14-17;/h5-7,14,16,19H,4,8-13,15H2,1-3H3,(H2,24,25,26);1H. The Balaban J connectivity index is 0.00000300. The first kappa shape index (κ1) is 24.3. The largest absolute Gasteiger partial charge is 0.357 e. The first-order valence-electron chi connectivity index (χ1n) is 10.5. The minimum absolute atomic E-state index is 0. The van der Waals surface area contributed by atoms with Gasteiger partial charge in [-0.05, 0) is 50.3 Å². The maximum atomic E-state index is 12.2. The number of nitrogens with one attached hydrogen (secondary N) is 2. The van der Waals surface area contributed by atoms with Crippen LogP contribution in [0.2, 0.25) is 5.02 Å². The van der Waals surface area contributed by atoms with Gasteiger partial charge in [0.15, 0.2) is 5.96 Å². The molecule has 7 heteroatoms. The Hall–Kier alpha value is -1.02. The summed E-state index contributed by atoms with van der Waals surface area (Å²) in [5, 5.41) is 7.75. The van der Waals surface area contributed by atoms with Crippen LogP contribution in [-0.4, -0.2) is 49.0 Å². The van der Waals surface area contributed by atoms with E-state index in [9.17, 15) is 4.79 Å². The molecule has 1 amide bonds. The molecular weight excluding hydrogens is 499 g/mol. The Bertz CT molecular complexity index is 713. The van der Waals surface area contributed by atoms with E-state index < -0.39 is 0 Å². The van der Waals surface area contributed by atoms with Gasteiger partial charge in [0.05, 0.1) is 6.54 Å². The second kappa shape index (κ2) is 10.8. The summed E-state index contributed by atoms with van der Waals surface area (Å²) in [7, 11) is 0. The number of amides is 1. The number of rotatable bonds is 6. The number of carbonyl (C=O) groups is 1. The number of hydrogen-bond acceptors (Lipinski definition) is 2. The smallest absolute Gasteiger partial charge is 0.225 e. The number of benzene rings is 1. The topological polar surface area (TPSA) is 56.7 Å². The third kappa shape index (κ3) is 6.48. The molecule has 0 atom stereocenters. The molecule has 1 heterocycles. The van der Waals surface area contributed by atoms with Crippen LogP contribution in [0.3, 0.4) is 0 Å². The molecule has 1 aromatic rings. The third-order valence-electron chi connectivity index (χ3n) is 5.82. The molecule has 0 aromatic heterocycles. The van der Waals surface area contributed by atoms with Crippen molar-refractivity contribution in [2.24, 2.45) is 10.9 Å². The number of aliphatic imine (C=N–C) groups is 1. The van der Waals surface area contributed by atoms with Gasteiger partial charge in [0.25, 0.3) is 0 Å². The molecule has 1 saturated heterocycles. The number of guanidine groups is 1. The van der Waals surface area contributed by atoms with Crippen molar-refractivity contribution in [2.45, 2.75) is 57.9 Å². The Morgan fingerprint density at radius 2 is 2.00 bits per heavy atom. The highest BCUT2D eigenvalue weighted by Crippen LogP contribution is 2.48. The van der Waals surface area contributed by atoms with E-state index >= 15 is 0 Å². The summed E-state index contributed by atoms with van der Waals surface area (Å²) in [6.45, 7) is 9.27. The van der Waals surface area contributed by atoms with Gasteiger partial charge >= 0.3 is 0 Å². The maximum absolute atomic E-state index is 12.2. The molecule has 2 fully saturated rings. The minimum atomic E-state index is 0. The van der Waals surface area contributed by atoms with Gasteiger partial charge in [0.2, 0.25) is 5.91 Å². The van der Waals surface area contributed by atoms with Crippen molar-refractivity contribution < 1.29 is 4.79 Å². The number of likely N-dealkylation sites (tertiary alicyclic amines) is 1. The van der Waals surface area contributed by atoms with Crippen molar-refractivity contribution in [3.8, 4) is 0 Å². The molecule has 162 valence electrons. The minimum Gasteiger partial charge on any atom is -0.357 e. The van der Waals surface area contributed by atoms with E-state index in [1.54, 1.807) is 0 Å². The molecule has 3 rings (SSSR count). The van der Waals surface area contributed by atoms with Gasteiger partial charge in [-0.15, -0.1) is 24.0 Å². The highest BCUT2D eigenvalue weighted by atomic mass is 127. The van der Waals surface area contributed by atoms with Crippen molar-refractivity contribution in [1.82, 2.24) is 15.5 Å². The van der Waals surface area contributed by atoms with E-state index in [0.29, 0.717) is 6.04 Å². The van der Waals surface area contributed by atoms with Crippen LogP contribution in [0, 0.1) is 5.92 Å². The van der Waals surface area contributed by atoms with Crippen molar-refractivity contribution in [3.63, 3.8) is 0 Å². The summed E-state index contributed by atoms with van der Waals surface area (Å²) in [6.07, 6.45) is 4.24. The van der Waals surface area contributed by atoms with Gasteiger partial charge in [-0.25, -0.2) is 0 Å². The van der Waals surface area contributed by atoms with E-state index in [-0.39, 0.29) is 41.2 Å². The van der Waals surface area contributed by atoms with Gasteiger partial charge in [-0.1, -0.05) is 37.6 Å². The van der Waals surface area contributed by atoms with Gasteiger partial charge < -0.3 is 15.5 Å². The molecular formula is C22H34ClIN4O. The van der Waals surface area contributed by atoms with Crippen LogP contribution in [-0.2, 0) is 10.2 Å². The SMILES string of the molecule is CCNC(=NCC1(c2cccc(Cl)c2)CC1)NC1CCN(C(=O)C(C)C)CC1.I. The van der Waals surface area contributed by atoms with Crippen LogP contribution in [0.15, 0.2) is 29.3 Å². The van der Waals surface area contributed by atoms with Crippen LogP contribution in [0.25, 0.3) is 0 Å². The summed E-state index contributed by atoms with van der Waals surface area (Å²) in [4.78, 5) is 19.1. The number of carbonyl (C=O) groups excluding carboxylic acids is 1.